The van der Waals surface area contributed by atoms with Gasteiger partial charge in [0.15, 0.2) is 0 Å². The van der Waals surface area contributed by atoms with Gasteiger partial charge in [0, 0.05) is 0 Å². The first kappa shape index (κ1) is 9.30. The number of rotatable bonds is 2. The lowest BCUT2D eigenvalue weighted by atomic mass is 10.5. The van der Waals surface area contributed by atoms with E-state index in [1.807, 2.05) is 0 Å². The smallest absolute Gasteiger partial charge is 0.431 e. The number of nitrogens with zero attached hydrogens (tertiary/aromatic N) is 2. The maximum atomic E-state index is 11.2. The van der Waals surface area contributed by atoms with Crippen molar-refractivity contribution in [3.63, 3.8) is 0 Å². The van der Waals surface area contributed by atoms with Gasteiger partial charge in [-0.2, -0.15) is 0 Å². The van der Waals surface area contributed by atoms with Crippen molar-refractivity contribution in [3.8, 4) is 0 Å². The molecule has 0 radical (unpaired) electrons. The fraction of sp³-hybridized carbons (Fsp3) is 0.500. The molecule has 7 nitrogen and oxygen atoms in total. The summed E-state index contributed by atoms with van der Waals surface area (Å²) < 4.78 is 5.86. The molecular formula is C6H11N4O3+. The number of aryl methyl sites for hydroxylation is 1. The van der Waals surface area contributed by atoms with E-state index in [0.717, 1.165) is 0 Å². The zero-order chi connectivity index (χ0) is 10.0. The summed E-state index contributed by atoms with van der Waals surface area (Å²) in [7, 11) is 1.50. The number of ether oxygens (including phenoxy) is 1. The van der Waals surface area contributed by atoms with Gasteiger partial charge in [0.05, 0.1) is 6.61 Å². The third-order valence-corrected chi connectivity index (χ3v) is 1.48. The maximum absolute atomic E-state index is 11.2. The van der Waals surface area contributed by atoms with Crippen molar-refractivity contribution in [2.24, 2.45) is 7.05 Å². The van der Waals surface area contributed by atoms with Crippen LogP contribution in [0.5, 0.6) is 0 Å². The van der Waals surface area contributed by atoms with E-state index >= 15 is 0 Å². The third kappa shape index (κ3) is 1.53. The molecular weight excluding hydrogens is 176 g/mol. The van der Waals surface area contributed by atoms with Gasteiger partial charge >= 0.3 is 17.2 Å². The van der Waals surface area contributed by atoms with Crippen LogP contribution in [0.1, 0.15) is 17.4 Å². The number of hydrogen-bond donors (Lipinski definition) is 2. The van der Waals surface area contributed by atoms with Crippen LogP contribution in [-0.4, -0.2) is 22.6 Å². The standard InChI is InChI=1S/C6H10N4O3/c1-3-13-6(12)4-5(11)10(7)8-9(4)2/h3H2,1-2H3,(H2-,7,8,11,12)/p+1. The van der Waals surface area contributed by atoms with Crippen LogP contribution in [0.2, 0.25) is 0 Å². The van der Waals surface area contributed by atoms with E-state index in [1.54, 1.807) is 6.92 Å². The first-order valence-corrected chi connectivity index (χ1v) is 3.71. The molecule has 1 aromatic heterocycles. The Balaban J connectivity index is 3.14. The molecule has 0 saturated carbocycles. The van der Waals surface area contributed by atoms with Gasteiger partial charge in [0.2, 0.25) is 0 Å². The zero-order valence-corrected chi connectivity index (χ0v) is 7.40. The molecule has 1 rings (SSSR count). The van der Waals surface area contributed by atoms with Crippen molar-refractivity contribution in [2.45, 2.75) is 6.92 Å². The Morgan fingerprint density at radius 2 is 2.38 bits per heavy atom. The molecule has 0 spiro atoms. The van der Waals surface area contributed by atoms with E-state index in [1.165, 1.54) is 11.7 Å². The summed E-state index contributed by atoms with van der Waals surface area (Å²) in [5, 5.41) is 2.41. The molecule has 13 heavy (non-hydrogen) atoms. The lowest BCUT2D eigenvalue weighted by molar-refractivity contribution is -0.734. The minimum absolute atomic E-state index is 0.121. The quantitative estimate of drug-likeness (QED) is 0.315. The predicted octanol–water partition coefficient (Wildman–Crippen LogP) is -2.11. The fourth-order valence-corrected chi connectivity index (χ4v) is 0.938. The molecule has 0 atom stereocenters. The number of H-pyrrole nitrogens is 1. The summed E-state index contributed by atoms with van der Waals surface area (Å²) in [6.07, 6.45) is 0. The molecule has 1 aromatic rings. The molecule has 0 unspecified atom stereocenters. The molecule has 0 saturated heterocycles. The highest BCUT2D eigenvalue weighted by molar-refractivity contribution is 5.85. The number of carbonyl (C=O) groups is 1. The number of nitrogen functional groups attached to an aromatic ring is 1. The van der Waals surface area contributed by atoms with Gasteiger partial charge in [-0.25, -0.2) is 15.4 Å². The SMILES string of the molecule is CCOC(=O)c1c(=O)n(N)[nH][n+]1C. The number of nitrogens with one attached hydrogen (secondary N) is 1. The van der Waals surface area contributed by atoms with Gasteiger partial charge in [0.1, 0.15) is 7.05 Å². The highest BCUT2D eigenvalue weighted by Crippen LogP contribution is 1.85. The molecule has 7 heteroatoms. The van der Waals surface area contributed by atoms with E-state index < -0.39 is 11.5 Å². The largest absolute Gasteiger partial charge is 0.459 e. The Kier molecular flexibility index (Phi) is 2.36. The Hall–Kier alpha value is -1.79. The second-order valence-corrected chi connectivity index (χ2v) is 2.40. The average Bonchev–Trinajstić information content (AvgIpc) is 2.27. The Morgan fingerprint density at radius 1 is 1.77 bits per heavy atom. The monoisotopic (exact) mass is 187 g/mol. The van der Waals surface area contributed by atoms with E-state index in [0.29, 0.717) is 4.79 Å². The summed E-state index contributed by atoms with van der Waals surface area (Å²) in [5.74, 6) is 4.51. The van der Waals surface area contributed by atoms with Crippen molar-refractivity contribution in [3.05, 3.63) is 16.0 Å². The van der Waals surface area contributed by atoms with E-state index in [2.05, 4.69) is 9.95 Å². The van der Waals surface area contributed by atoms with Crippen LogP contribution in [0.4, 0.5) is 0 Å². The molecule has 0 aliphatic rings. The van der Waals surface area contributed by atoms with Crippen LogP contribution in [-0.2, 0) is 11.8 Å². The highest BCUT2D eigenvalue weighted by atomic mass is 16.5. The van der Waals surface area contributed by atoms with Crippen LogP contribution in [0.25, 0.3) is 0 Å². The summed E-state index contributed by atoms with van der Waals surface area (Å²) in [6.45, 7) is 1.87. The van der Waals surface area contributed by atoms with Gasteiger partial charge in [-0.3, -0.25) is 0 Å². The molecule has 0 aliphatic heterocycles. The number of esters is 1. The maximum Gasteiger partial charge on any atom is 0.431 e. The normalized spacial score (nSPS) is 10.0. The molecule has 1 heterocycles. The van der Waals surface area contributed by atoms with Crippen molar-refractivity contribution >= 4 is 5.97 Å². The van der Waals surface area contributed by atoms with Crippen LogP contribution < -0.4 is 16.1 Å². The topological polar surface area (TPSA) is 94.0 Å². The summed E-state index contributed by atoms with van der Waals surface area (Å²) in [4.78, 5) is 23.1. The van der Waals surface area contributed by atoms with Crippen LogP contribution in [0.15, 0.2) is 4.79 Å². The second kappa shape index (κ2) is 3.30. The Bertz CT molecular complexity index is 378. The fourth-order valence-electron chi connectivity index (χ4n) is 0.938. The van der Waals surface area contributed by atoms with Crippen LogP contribution in [0, 0.1) is 0 Å². The molecule has 0 bridgehead atoms. The van der Waals surface area contributed by atoms with Crippen molar-refractivity contribution in [1.82, 2.24) is 10.0 Å². The van der Waals surface area contributed by atoms with Crippen molar-refractivity contribution in [1.29, 1.82) is 0 Å². The molecule has 0 aromatic carbocycles. The van der Waals surface area contributed by atoms with Gasteiger partial charge in [-0.1, -0.05) is 5.21 Å². The number of aromatic amines is 1. The molecule has 0 aliphatic carbocycles. The lowest BCUT2D eigenvalue weighted by Gasteiger charge is -1.94. The minimum atomic E-state index is -0.685. The Labute approximate surface area is 73.6 Å². The lowest BCUT2D eigenvalue weighted by Crippen LogP contribution is -2.39. The van der Waals surface area contributed by atoms with Crippen molar-refractivity contribution < 1.29 is 14.2 Å². The predicted molar refractivity (Wildman–Crippen MR) is 42.3 cm³/mol. The molecule has 3 N–H and O–H groups in total. The van der Waals surface area contributed by atoms with Crippen LogP contribution >= 0.6 is 0 Å². The zero-order valence-electron chi connectivity index (χ0n) is 7.40. The van der Waals surface area contributed by atoms with E-state index in [9.17, 15) is 9.59 Å². The molecule has 72 valence electrons. The first-order valence-electron chi connectivity index (χ1n) is 3.71. The number of nitrogens with two attached hydrogens (primary N) is 1. The number of aromatic nitrogens is 3. The molecule has 0 fully saturated rings. The van der Waals surface area contributed by atoms with E-state index in [-0.39, 0.29) is 12.3 Å². The summed E-state index contributed by atoms with van der Waals surface area (Å²) in [6, 6.07) is 0. The second-order valence-electron chi connectivity index (χ2n) is 2.40. The minimum Gasteiger partial charge on any atom is -0.459 e. The third-order valence-electron chi connectivity index (χ3n) is 1.48. The van der Waals surface area contributed by atoms with Gasteiger partial charge in [-0.15, -0.1) is 4.68 Å². The van der Waals surface area contributed by atoms with E-state index in [4.69, 9.17) is 5.84 Å². The summed E-state index contributed by atoms with van der Waals surface area (Å²) >= 11 is 0. The summed E-state index contributed by atoms with van der Waals surface area (Å²) in [5.41, 5.74) is -0.731. The van der Waals surface area contributed by atoms with Gasteiger partial charge in [0.25, 0.3) is 0 Å². The molecule has 0 amide bonds. The first-order chi connectivity index (χ1) is 6.07. The van der Waals surface area contributed by atoms with Crippen molar-refractivity contribution in [2.75, 3.05) is 12.4 Å². The van der Waals surface area contributed by atoms with Gasteiger partial charge < -0.3 is 4.74 Å². The number of hydrogen-bond acceptors (Lipinski definition) is 4. The highest BCUT2D eigenvalue weighted by Gasteiger charge is 2.26. The van der Waals surface area contributed by atoms with Gasteiger partial charge in [-0.05, 0) is 11.7 Å². The average molecular weight is 187 g/mol. The number of carbonyl (C=O) groups excluding carboxylic acids is 1. The Morgan fingerprint density at radius 3 is 2.77 bits per heavy atom. The van der Waals surface area contributed by atoms with Crippen LogP contribution in [0.3, 0.4) is 0 Å².